The van der Waals surface area contributed by atoms with Crippen LogP contribution >= 0.6 is 11.3 Å². The van der Waals surface area contributed by atoms with Crippen LogP contribution in [0.1, 0.15) is 52.7 Å². The second-order valence-corrected chi connectivity index (χ2v) is 7.26. The van der Waals surface area contributed by atoms with Gasteiger partial charge in [0.05, 0.1) is 24.6 Å². The number of rotatable bonds is 5. The monoisotopic (exact) mass is 403 g/mol. The molecule has 0 saturated carbocycles. The lowest BCUT2D eigenvalue weighted by Crippen LogP contribution is -2.32. The summed E-state index contributed by atoms with van der Waals surface area (Å²) in [5.41, 5.74) is 3.42. The summed E-state index contributed by atoms with van der Waals surface area (Å²) in [6.07, 6.45) is 7.46. The number of anilines is 1. The summed E-state index contributed by atoms with van der Waals surface area (Å²) in [6.45, 7) is 1.96. The number of ether oxygens (including phenoxy) is 1. The van der Waals surface area contributed by atoms with Crippen molar-refractivity contribution in [3.05, 3.63) is 40.2 Å². The molecule has 0 unspecified atom stereocenters. The number of thiophene rings is 1. The van der Waals surface area contributed by atoms with E-state index in [1.54, 1.807) is 19.1 Å². The van der Waals surface area contributed by atoms with Crippen molar-refractivity contribution in [3.8, 4) is 0 Å². The first kappa shape index (κ1) is 19.8. The average molecular weight is 403 g/mol. The molecule has 28 heavy (non-hydrogen) atoms. The molecular formula is C19H21N3O5S. The van der Waals surface area contributed by atoms with Crippen LogP contribution in [0, 0.1) is 0 Å². The largest absolute Gasteiger partial charge is 0.463 e. The van der Waals surface area contributed by atoms with Gasteiger partial charge in [0.1, 0.15) is 10.8 Å². The highest BCUT2D eigenvalue weighted by Gasteiger charge is 2.27. The number of furan rings is 1. The van der Waals surface area contributed by atoms with Crippen molar-refractivity contribution in [2.75, 3.05) is 11.9 Å². The van der Waals surface area contributed by atoms with Crippen LogP contribution in [0.3, 0.4) is 0 Å². The Hall–Kier alpha value is -2.94. The Morgan fingerprint density at radius 2 is 2.07 bits per heavy atom. The van der Waals surface area contributed by atoms with Gasteiger partial charge in [-0.15, -0.1) is 11.3 Å². The van der Waals surface area contributed by atoms with Gasteiger partial charge in [0, 0.05) is 4.88 Å². The van der Waals surface area contributed by atoms with Crippen molar-refractivity contribution >= 4 is 40.3 Å². The van der Waals surface area contributed by atoms with Crippen LogP contribution in [0.4, 0.5) is 5.00 Å². The van der Waals surface area contributed by atoms with Gasteiger partial charge in [-0.1, -0.05) is 6.42 Å². The first-order valence-corrected chi connectivity index (χ1v) is 9.91. The number of amides is 2. The lowest BCUT2D eigenvalue weighted by molar-refractivity contribution is -0.136. The van der Waals surface area contributed by atoms with E-state index in [1.165, 1.54) is 23.8 Å². The van der Waals surface area contributed by atoms with Crippen molar-refractivity contribution in [2.24, 2.45) is 5.10 Å². The van der Waals surface area contributed by atoms with E-state index in [1.807, 2.05) is 0 Å². The molecule has 0 spiro atoms. The number of hydrazone groups is 1. The van der Waals surface area contributed by atoms with Gasteiger partial charge in [-0.05, 0) is 50.3 Å². The van der Waals surface area contributed by atoms with E-state index in [0.29, 0.717) is 16.3 Å². The lowest BCUT2D eigenvalue weighted by atomic mass is 10.1. The smallest absolute Gasteiger partial charge is 0.341 e. The van der Waals surface area contributed by atoms with E-state index in [2.05, 4.69) is 15.8 Å². The van der Waals surface area contributed by atoms with Gasteiger partial charge in [0.2, 0.25) is 0 Å². The van der Waals surface area contributed by atoms with E-state index in [4.69, 9.17) is 9.15 Å². The molecule has 1 aliphatic rings. The fourth-order valence-electron chi connectivity index (χ4n) is 2.98. The minimum Gasteiger partial charge on any atom is -0.463 e. The van der Waals surface area contributed by atoms with E-state index < -0.39 is 17.8 Å². The highest BCUT2D eigenvalue weighted by molar-refractivity contribution is 7.17. The molecule has 1 aliphatic carbocycles. The van der Waals surface area contributed by atoms with Crippen molar-refractivity contribution in [1.29, 1.82) is 0 Å². The molecule has 0 atom stereocenters. The number of aryl methyl sites for hydroxylation is 1. The highest BCUT2D eigenvalue weighted by atomic mass is 32.1. The first-order valence-electron chi connectivity index (χ1n) is 9.09. The normalized spacial score (nSPS) is 13.6. The van der Waals surface area contributed by atoms with Gasteiger partial charge in [0.25, 0.3) is 0 Å². The first-order chi connectivity index (χ1) is 13.6. The number of carbonyl (C=O) groups excluding carboxylic acids is 3. The third-order valence-electron chi connectivity index (χ3n) is 4.24. The number of nitrogens with zero attached hydrogens (tertiary/aromatic N) is 1. The zero-order valence-corrected chi connectivity index (χ0v) is 16.3. The number of hydrogen-bond donors (Lipinski definition) is 2. The Balaban J connectivity index is 1.74. The van der Waals surface area contributed by atoms with Crippen molar-refractivity contribution in [3.63, 3.8) is 0 Å². The molecule has 2 amide bonds. The van der Waals surface area contributed by atoms with Crippen LogP contribution in [0.2, 0.25) is 0 Å². The van der Waals surface area contributed by atoms with Gasteiger partial charge in [-0.25, -0.2) is 10.2 Å². The predicted octanol–water partition coefficient (Wildman–Crippen LogP) is 2.88. The minimum absolute atomic E-state index is 0.235. The van der Waals surface area contributed by atoms with Crippen molar-refractivity contribution in [2.45, 2.75) is 39.0 Å². The van der Waals surface area contributed by atoms with Gasteiger partial charge in [-0.3, -0.25) is 9.59 Å². The molecule has 3 rings (SSSR count). The van der Waals surface area contributed by atoms with E-state index in [0.717, 1.165) is 42.5 Å². The molecule has 2 aromatic heterocycles. The molecule has 0 bridgehead atoms. The summed E-state index contributed by atoms with van der Waals surface area (Å²) in [4.78, 5) is 37.8. The fraction of sp³-hybridized carbons (Fsp3) is 0.368. The fourth-order valence-corrected chi connectivity index (χ4v) is 4.25. The van der Waals surface area contributed by atoms with Gasteiger partial charge < -0.3 is 14.5 Å². The molecule has 2 N–H and O–H groups in total. The quantitative estimate of drug-likeness (QED) is 0.262. The molecule has 0 aromatic carbocycles. The van der Waals surface area contributed by atoms with Crippen LogP contribution in [0.25, 0.3) is 0 Å². The Labute approximate surface area is 165 Å². The van der Waals surface area contributed by atoms with Crippen LogP contribution in [0.5, 0.6) is 0 Å². The summed E-state index contributed by atoms with van der Waals surface area (Å²) in [5.74, 6) is -1.89. The van der Waals surface area contributed by atoms with Gasteiger partial charge in [-0.2, -0.15) is 5.10 Å². The number of hydrogen-bond acceptors (Lipinski definition) is 7. The van der Waals surface area contributed by atoms with Crippen LogP contribution in [0.15, 0.2) is 27.9 Å². The molecule has 0 radical (unpaired) electrons. The lowest BCUT2D eigenvalue weighted by Gasteiger charge is -2.08. The maximum absolute atomic E-state index is 12.5. The van der Waals surface area contributed by atoms with E-state index in [-0.39, 0.29) is 6.61 Å². The molecule has 0 saturated heterocycles. The summed E-state index contributed by atoms with van der Waals surface area (Å²) >= 11 is 1.33. The van der Waals surface area contributed by atoms with Crippen molar-refractivity contribution in [1.82, 2.24) is 5.43 Å². The Morgan fingerprint density at radius 1 is 1.25 bits per heavy atom. The summed E-state index contributed by atoms with van der Waals surface area (Å²) < 4.78 is 10.2. The minimum atomic E-state index is -0.943. The molecular weight excluding hydrogens is 382 g/mol. The molecule has 9 heteroatoms. The summed E-state index contributed by atoms with van der Waals surface area (Å²) in [5, 5.41) is 6.56. The zero-order chi connectivity index (χ0) is 19.9. The Morgan fingerprint density at radius 3 is 2.82 bits per heavy atom. The highest BCUT2D eigenvalue weighted by Crippen LogP contribution is 2.38. The molecule has 0 fully saturated rings. The number of carbonyl (C=O) groups is 3. The van der Waals surface area contributed by atoms with Crippen LogP contribution in [-0.4, -0.2) is 30.6 Å². The second kappa shape index (κ2) is 9.32. The maximum Gasteiger partial charge on any atom is 0.341 e. The molecule has 148 valence electrons. The third-order valence-corrected chi connectivity index (χ3v) is 5.44. The molecule has 2 aromatic rings. The van der Waals surface area contributed by atoms with Gasteiger partial charge >= 0.3 is 17.8 Å². The Bertz CT molecular complexity index is 886. The van der Waals surface area contributed by atoms with Gasteiger partial charge in [0.15, 0.2) is 0 Å². The summed E-state index contributed by atoms with van der Waals surface area (Å²) in [7, 11) is 0. The molecule has 2 heterocycles. The van der Waals surface area contributed by atoms with Crippen LogP contribution in [-0.2, 0) is 27.2 Å². The third kappa shape index (κ3) is 4.66. The van der Waals surface area contributed by atoms with Crippen LogP contribution < -0.4 is 10.7 Å². The molecule has 0 aliphatic heterocycles. The topological polar surface area (TPSA) is 110 Å². The SMILES string of the molecule is CCOC(=O)c1c(NC(=O)C(=O)N/N=C\c2ccco2)sc2c1CCCCC2. The number of nitrogens with one attached hydrogen (secondary N) is 2. The van der Waals surface area contributed by atoms with E-state index in [9.17, 15) is 14.4 Å². The average Bonchev–Trinajstić information content (AvgIpc) is 3.24. The second-order valence-electron chi connectivity index (χ2n) is 6.16. The number of esters is 1. The maximum atomic E-state index is 12.5. The predicted molar refractivity (Wildman–Crippen MR) is 105 cm³/mol. The zero-order valence-electron chi connectivity index (χ0n) is 15.4. The summed E-state index contributed by atoms with van der Waals surface area (Å²) in [6, 6.07) is 3.33. The number of fused-ring (bicyclic) bond motifs is 1. The standard InChI is InChI=1S/C19H21N3O5S/c1-2-26-19(25)15-13-8-4-3-5-9-14(13)28-18(15)21-16(23)17(24)22-20-11-12-7-6-10-27-12/h6-7,10-11H,2-5,8-9H2,1H3,(H,21,23)(H,22,24)/b20-11-. The van der Waals surface area contributed by atoms with Crippen molar-refractivity contribution < 1.29 is 23.5 Å². The van der Waals surface area contributed by atoms with E-state index >= 15 is 0 Å². The molecule has 8 nitrogen and oxygen atoms in total. The Kier molecular flexibility index (Phi) is 6.59.